The zero-order valence-electron chi connectivity index (χ0n) is 32.2. The Morgan fingerprint density at radius 2 is 1.25 bits per heavy atom. The lowest BCUT2D eigenvalue weighted by atomic mass is 9.95. The number of piperidine rings is 1. The molecule has 0 N–H and O–H groups in total. The van der Waals surface area contributed by atoms with Crippen LogP contribution in [0.2, 0.25) is 0 Å². The molecule has 276 valence electrons. The molecule has 1 aromatic heterocycles. The maximum atomic E-state index is 6.03. The zero-order chi connectivity index (χ0) is 35.2. The van der Waals surface area contributed by atoms with E-state index in [1.54, 1.807) is 0 Å². The van der Waals surface area contributed by atoms with Crippen molar-refractivity contribution in [2.45, 2.75) is 93.3 Å². The van der Waals surface area contributed by atoms with E-state index in [1.165, 1.54) is 72.4 Å². The number of rotatable bonds is 12. The number of likely N-dealkylation sites (tertiary alicyclic amines) is 1. The van der Waals surface area contributed by atoms with E-state index < -0.39 is 0 Å². The molecule has 1 aliphatic rings. The number of anilines is 1. The van der Waals surface area contributed by atoms with Gasteiger partial charge in [0.1, 0.15) is 5.75 Å². The summed E-state index contributed by atoms with van der Waals surface area (Å²) in [6.45, 7) is 20.2. The highest BCUT2D eigenvalue weighted by molar-refractivity contribution is 5.85. The summed E-state index contributed by atoms with van der Waals surface area (Å²) < 4.78 is 6.03. The third kappa shape index (κ3) is 9.98. The second-order valence-electron chi connectivity index (χ2n) is 14.6. The minimum atomic E-state index is 0. The average Bonchev–Trinajstić information content (AvgIpc) is 3.12. The Balaban J connectivity index is 0.00000302. The normalized spacial score (nSPS) is 13.3. The molecule has 1 aliphatic heterocycles. The molecule has 0 amide bonds. The molecule has 0 aliphatic carbocycles. The minimum absolute atomic E-state index is 0. The smallest absolute Gasteiger partial charge is 0.119 e. The number of unbranched alkanes of at least 4 members (excludes halogenated alkanes) is 1. The topological polar surface area (TPSA) is 28.6 Å². The van der Waals surface area contributed by atoms with Gasteiger partial charge in [0.05, 0.1) is 6.61 Å². The first-order valence-electron chi connectivity index (χ1n) is 18.6. The molecule has 0 unspecified atom stereocenters. The van der Waals surface area contributed by atoms with Crippen molar-refractivity contribution in [1.82, 2.24) is 9.88 Å². The molecule has 0 radical (unpaired) electrons. The van der Waals surface area contributed by atoms with Crippen molar-refractivity contribution in [2.75, 3.05) is 24.6 Å². The van der Waals surface area contributed by atoms with Crippen molar-refractivity contribution in [3.63, 3.8) is 0 Å². The predicted octanol–water partition coefficient (Wildman–Crippen LogP) is 12.0. The highest BCUT2D eigenvalue weighted by atomic mass is 35.5. The van der Waals surface area contributed by atoms with E-state index in [2.05, 4.69) is 142 Å². The van der Waals surface area contributed by atoms with Gasteiger partial charge in [0.25, 0.3) is 0 Å². The van der Waals surface area contributed by atoms with Gasteiger partial charge in [0.15, 0.2) is 0 Å². The molecule has 1 saturated heterocycles. The zero-order valence-corrected chi connectivity index (χ0v) is 33.8. The molecule has 0 spiro atoms. The van der Waals surface area contributed by atoms with Crippen LogP contribution in [0.5, 0.6) is 5.75 Å². The number of halogens is 2. The SMILES string of the molecule is CCCCOc1ccc(N(Cc2cccc(-c3cc(C)c(C)c(C)c3)c2)C2CCN(Cc3cncc(-c4cc(C)c(C)c(C)c4)c3)CC2)cc1.Cl.Cl. The molecule has 52 heavy (non-hydrogen) atoms. The molecule has 5 aromatic rings. The number of aryl methyl sites for hydroxylation is 4. The largest absolute Gasteiger partial charge is 0.494 e. The number of hydrogen-bond donors (Lipinski definition) is 0. The molecule has 0 bridgehead atoms. The Hall–Kier alpha value is -3.83. The molecule has 0 saturated carbocycles. The first-order valence-corrected chi connectivity index (χ1v) is 18.6. The van der Waals surface area contributed by atoms with Crippen LogP contribution in [0.4, 0.5) is 5.69 Å². The molecule has 0 atom stereocenters. The third-order valence-electron chi connectivity index (χ3n) is 10.9. The summed E-state index contributed by atoms with van der Waals surface area (Å²) in [6.07, 6.45) is 8.51. The van der Waals surface area contributed by atoms with Crippen molar-refractivity contribution in [2.24, 2.45) is 0 Å². The van der Waals surface area contributed by atoms with Gasteiger partial charge in [-0.25, -0.2) is 0 Å². The molecule has 2 heterocycles. The highest BCUT2D eigenvalue weighted by Gasteiger charge is 2.26. The molecule has 4 aromatic carbocycles. The lowest BCUT2D eigenvalue weighted by Gasteiger charge is -2.40. The Kier molecular flexibility index (Phi) is 14.8. The third-order valence-corrected chi connectivity index (χ3v) is 10.9. The van der Waals surface area contributed by atoms with E-state index in [1.807, 2.05) is 12.4 Å². The first-order chi connectivity index (χ1) is 24.2. The van der Waals surface area contributed by atoms with Crippen LogP contribution < -0.4 is 9.64 Å². The van der Waals surface area contributed by atoms with Crippen LogP contribution in [0, 0.1) is 41.5 Å². The number of pyridine rings is 1. The summed E-state index contributed by atoms with van der Waals surface area (Å²) in [5, 5.41) is 0. The predicted molar refractivity (Wildman–Crippen MR) is 226 cm³/mol. The second-order valence-corrected chi connectivity index (χ2v) is 14.6. The van der Waals surface area contributed by atoms with Gasteiger partial charge in [-0.1, -0.05) is 55.8 Å². The van der Waals surface area contributed by atoms with E-state index >= 15 is 0 Å². The van der Waals surface area contributed by atoms with E-state index in [9.17, 15) is 0 Å². The van der Waals surface area contributed by atoms with Gasteiger partial charge in [-0.05, 0) is 158 Å². The van der Waals surface area contributed by atoms with Crippen LogP contribution in [-0.4, -0.2) is 35.6 Å². The van der Waals surface area contributed by atoms with E-state index in [-0.39, 0.29) is 24.8 Å². The van der Waals surface area contributed by atoms with E-state index in [0.29, 0.717) is 6.04 Å². The van der Waals surface area contributed by atoms with Crippen LogP contribution in [-0.2, 0) is 13.1 Å². The van der Waals surface area contributed by atoms with Crippen molar-refractivity contribution in [3.8, 4) is 28.0 Å². The number of benzene rings is 4. The van der Waals surface area contributed by atoms with Crippen LogP contribution >= 0.6 is 24.8 Å². The van der Waals surface area contributed by atoms with Gasteiger partial charge in [-0.3, -0.25) is 9.88 Å². The summed E-state index contributed by atoms with van der Waals surface area (Å²) in [5.74, 6) is 0.955. The monoisotopic (exact) mass is 737 g/mol. The van der Waals surface area contributed by atoms with Gasteiger partial charge in [0.2, 0.25) is 0 Å². The molecular formula is C46H57Cl2N3O. The number of hydrogen-bond acceptors (Lipinski definition) is 4. The van der Waals surface area contributed by atoms with Gasteiger partial charge in [-0.2, -0.15) is 0 Å². The summed E-state index contributed by atoms with van der Waals surface area (Å²) >= 11 is 0. The average molecular weight is 739 g/mol. The van der Waals surface area contributed by atoms with Gasteiger partial charge in [-0.15, -0.1) is 24.8 Å². The quantitative estimate of drug-likeness (QED) is 0.119. The standard InChI is InChI=1S/C46H55N3O.2ClH/c1-8-9-21-50-46-15-13-44(14-16-46)49(31-38-11-10-12-40(26-38)41-22-32(2)36(6)33(3)23-41)45-17-19-48(20-18-45)30-39-27-43(29-47-28-39)42-24-34(4)37(7)35(5)25-42;;/h10-16,22-29,45H,8-9,17-21,30-31H2,1-7H3;2*1H. The fourth-order valence-electron chi connectivity index (χ4n) is 7.33. The van der Waals surface area contributed by atoms with Crippen molar-refractivity contribution < 1.29 is 4.74 Å². The van der Waals surface area contributed by atoms with Crippen molar-refractivity contribution in [1.29, 1.82) is 0 Å². The second kappa shape index (κ2) is 18.8. The van der Waals surface area contributed by atoms with Crippen LogP contribution in [0.15, 0.2) is 91.3 Å². The van der Waals surface area contributed by atoms with E-state index in [4.69, 9.17) is 4.74 Å². The summed E-state index contributed by atoms with van der Waals surface area (Å²) in [6, 6.07) is 30.0. The minimum Gasteiger partial charge on any atom is -0.494 e. The molecule has 1 fully saturated rings. The Morgan fingerprint density at radius 3 is 1.85 bits per heavy atom. The summed E-state index contributed by atoms with van der Waals surface area (Å²) in [7, 11) is 0. The Labute approximate surface area is 325 Å². The summed E-state index contributed by atoms with van der Waals surface area (Å²) in [4.78, 5) is 9.91. The Bertz CT molecular complexity index is 1870. The maximum Gasteiger partial charge on any atom is 0.119 e. The maximum absolute atomic E-state index is 6.03. The number of ether oxygens (including phenoxy) is 1. The van der Waals surface area contributed by atoms with E-state index in [0.717, 1.165) is 64.2 Å². The lowest BCUT2D eigenvalue weighted by molar-refractivity contribution is 0.200. The molecule has 6 heteroatoms. The Morgan fingerprint density at radius 1 is 0.673 bits per heavy atom. The van der Waals surface area contributed by atoms with Crippen molar-refractivity contribution in [3.05, 3.63) is 136 Å². The first kappa shape index (κ1) is 40.9. The molecule has 4 nitrogen and oxygen atoms in total. The fraction of sp³-hybridized carbons (Fsp3) is 0.370. The highest BCUT2D eigenvalue weighted by Crippen LogP contribution is 2.31. The number of nitrogens with zero attached hydrogens (tertiary/aromatic N) is 3. The van der Waals surface area contributed by atoms with Gasteiger partial charge in [0, 0.05) is 55.9 Å². The fourth-order valence-corrected chi connectivity index (χ4v) is 7.33. The van der Waals surface area contributed by atoms with Gasteiger partial charge >= 0.3 is 0 Å². The summed E-state index contributed by atoms with van der Waals surface area (Å²) in [5.41, 5.74) is 17.1. The van der Waals surface area contributed by atoms with Crippen LogP contribution in [0.25, 0.3) is 22.3 Å². The van der Waals surface area contributed by atoms with Crippen LogP contribution in [0.1, 0.15) is 77.1 Å². The lowest BCUT2D eigenvalue weighted by Crippen LogP contribution is -2.44. The van der Waals surface area contributed by atoms with Crippen LogP contribution in [0.3, 0.4) is 0 Å². The molecule has 6 rings (SSSR count). The van der Waals surface area contributed by atoms with Crippen molar-refractivity contribution >= 4 is 30.5 Å². The van der Waals surface area contributed by atoms with Gasteiger partial charge < -0.3 is 9.64 Å². The number of aromatic nitrogens is 1. The molecular weight excluding hydrogens is 681 g/mol.